The van der Waals surface area contributed by atoms with Gasteiger partial charge in [-0.05, 0) is 51.7 Å². The van der Waals surface area contributed by atoms with Crippen LogP contribution in [0, 0.1) is 5.92 Å². The van der Waals surface area contributed by atoms with Gasteiger partial charge in [0.15, 0.2) is 0 Å². The Labute approximate surface area is 154 Å². The number of fused-ring (bicyclic) bond motifs is 1. The van der Waals surface area contributed by atoms with E-state index < -0.39 is 17.7 Å². The van der Waals surface area contributed by atoms with Crippen molar-refractivity contribution in [3.05, 3.63) is 29.8 Å². The highest BCUT2D eigenvalue weighted by atomic mass is 16.6. The largest absolute Gasteiger partial charge is 0.493 e. The van der Waals surface area contributed by atoms with Crippen LogP contribution in [0.1, 0.15) is 39.2 Å². The molecule has 1 fully saturated rings. The number of hydrogen-bond acceptors (Lipinski definition) is 4. The fourth-order valence-electron chi connectivity index (χ4n) is 3.46. The van der Waals surface area contributed by atoms with Crippen LogP contribution in [0.5, 0.6) is 5.75 Å². The van der Waals surface area contributed by atoms with Crippen molar-refractivity contribution in [1.82, 2.24) is 10.2 Å². The summed E-state index contributed by atoms with van der Waals surface area (Å²) in [5, 5.41) is 3.00. The molecule has 1 aromatic rings. The van der Waals surface area contributed by atoms with Gasteiger partial charge in [-0.1, -0.05) is 18.2 Å². The van der Waals surface area contributed by atoms with Crippen LogP contribution in [0.25, 0.3) is 0 Å². The summed E-state index contributed by atoms with van der Waals surface area (Å²) in [6.07, 6.45) is 1.97. The maximum absolute atomic E-state index is 12.6. The van der Waals surface area contributed by atoms with Gasteiger partial charge in [0.1, 0.15) is 17.4 Å². The van der Waals surface area contributed by atoms with Gasteiger partial charge in [0, 0.05) is 19.0 Å². The number of benzene rings is 1. The molecular formula is C20H28N2O4. The average Bonchev–Trinajstić information content (AvgIpc) is 3.08. The number of carbonyl (C=O) groups excluding carboxylic acids is 2. The van der Waals surface area contributed by atoms with Crippen LogP contribution in [0.15, 0.2) is 24.3 Å². The number of nitrogens with zero attached hydrogens (tertiary/aromatic N) is 1. The lowest BCUT2D eigenvalue weighted by Crippen LogP contribution is -2.48. The molecule has 2 atom stereocenters. The van der Waals surface area contributed by atoms with Crippen LogP contribution in [0.3, 0.4) is 0 Å². The first-order valence-electron chi connectivity index (χ1n) is 9.31. The van der Waals surface area contributed by atoms with Gasteiger partial charge < -0.3 is 14.8 Å². The van der Waals surface area contributed by atoms with Crippen molar-refractivity contribution >= 4 is 12.0 Å². The summed E-state index contributed by atoms with van der Waals surface area (Å²) in [5.41, 5.74) is 0.613. The average molecular weight is 360 g/mol. The topological polar surface area (TPSA) is 67.9 Å². The van der Waals surface area contributed by atoms with Gasteiger partial charge in [-0.15, -0.1) is 0 Å². The van der Waals surface area contributed by atoms with E-state index in [1.807, 2.05) is 39.0 Å². The molecule has 0 unspecified atom stereocenters. The van der Waals surface area contributed by atoms with Gasteiger partial charge in [0.25, 0.3) is 0 Å². The molecule has 26 heavy (non-hydrogen) atoms. The summed E-state index contributed by atoms with van der Waals surface area (Å²) in [4.78, 5) is 26.5. The monoisotopic (exact) mass is 360 g/mol. The third-order valence-electron chi connectivity index (χ3n) is 4.70. The quantitative estimate of drug-likeness (QED) is 0.900. The highest BCUT2D eigenvalue weighted by Crippen LogP contribution is 2.26. The van der Waals surface area contributed by atoms with Crippen molar-refractivity contribution in [1.29, 1.82) is 0 Å². The number of ether oxygens (including phenoxy) is 2. The first-order valence-corrected chi connectivity index (χ1v) is 9.31. The lowest BCUT2D eigenvalue weighted by molar-refractivity contribution is -0.125. The van der Waals surface area contributed by atoms with E-state index in [0.717, 1.165) is 18.6 Å². The van der Waals surface area contributed by atoms with Crippen molar-refractivity contribution in [3.8, 4) is 5.75 Å². The predicted octanol–water partition coefficient (Wildman–Crippen LogP) is 2.75. The maximum Gasteiger partial charge on any atom is 0.410 e. The zero-order valence-electron chi connectivity index (χ0n) is 15.8. The van der Waals surface area contributed by atoms with Crippen LogP contribution in [0.2, 0.25) is 0 Å². The summed E-state index contributed by atoms with van der Waals surface area (Å²) >= 11 is 0. The van der Waals surface area contributed by atoms with Crippen LogP contribution in [-0.2, 0) is 16.0 Å². The molecule has 2 heterocycles. The van der Waals surface area contributed by atoms with Crippen LogP contribution in [-0.4, -0.2) is 48.2 Å². The molecule has 6 nitrogen and oxygen atoms in total. The number of para-hydroxylation sites is 1. The minimum absolute atomic E-state index is 0.104. The molecule has 0 aromatic heterocycles. The van der Waals surface area contributed by atoms with Crippen molar-refractivity contribution < 1.29 is 19.1 Å². The van der Waals surface area contributed by atoms with Gasteiger partial charge in [-0.2, -0.15) is 0 Å². The van der Waals surface area contributed by atoms with E-state index in [1.165, 1.54) is 5.56 Å². The summed E-state index contributed by atoms with van der Waals surface area (Å²) in [6.45, 7) is 7.20. The highest BCUT2D eigenvalue weighted by molar-refractivity contribution is 5.86. The Hall–Kier alpha value is -2.24. The molecule has 2 amide bonds. The fraction of sp³-hybridized carbons (Fsp3) is 0.600. The van der Waals surface area contributed by atoms with E-state index in [4.69, 9.17) is 9.47 Å². The number of likely N-dealkylation sites (tertiary alicyclic amines) is 1. The third-order valence-corrected chi connectivity index (χ3v) is 4.70. The van der Waals surface area contributed by atoms with Crippen LogP contribution >= 0.6 is 0 Å². The molecule has 2 aliphatic rings. The summed E-state index contributed by atoms with van der Waals surface area (Å²) in [7, 11) is 0. The maximum atomic E-state index is 12.6. The molecule has 0 bridgehead atoms. The molecule has 1 saturated heterocycles. The number of hydrogen-bond donors (Lipinski definition) is 1. The lowest BCUT2D eigenvalue weighted by atomic mass is 9.96. The van der Waals surface area contributed by atoms with Crippen molar-refractivity contribution in [2.24, 2.45) is 5.92 Å². The number of nitrogens with one attached hydrogen (secondary N) is 1. The van der Waals surface area contributed by atoms with E-state index >= 15 is 0 Å². The predicted molar refractivity (Wildman–Crippen MR) is 98.1 cm³/mol. The lowest BCUT2D eigenvalue weighted by Gasteiger charge is -2.29. The second kappa shape index (κ2) is 7.56. The second-order valence-electron chi connectivity index (χ2n) is 8.07. The number of amides is 2. The summed E-state index contributed by atoms with van der Waals surface area (Å²) in [5.74, 6) is 1.07. The zero-order chi connectivity index (χ0) is 18.7. The van der Waals surface area contributed by atoms with E-state index in [9.17, 15) is 9.59 Å². The van der Waals surface area contributed by atoms with Crippen molar-refractivity contribution in [3.63, 3.8) is 0 Å². The summed E-state index contributed by atoms with van der Waals surface area (Å²) in [6, 6.07) is 7.56. The standard InChI is InChI=1S/C20H28N2O4/c1-20(2,3)26-19(24)22-10-6-8-16(22)18(23)21-12-14-11-15-7-4-5-9-17(15)25-13-14/h4-5,7,9,14,16H,6,8,10-13H2,1-3H3,(H,21,23)/t14-,16+/m1/s1. The van der Waals surface area contributed by atoms with E-state index in [2.05, 4.69) is 11.4 Å². The highest BCUT2D eigenvalue weighted by Gasteiger charge is 2.36. The summed E-state index contributed by atoms with van der Waals surface area (Å²) < 4.78 is 11.2. The van der Waals surface area contributed by atoms with Gasteiger partial charge in [-0.3, -0.25) is 9.69 Å². The van der Waals surface area contributed by atoms with Gasteiger partial charge in [0.05, 0.1) is 6.61 Å². The Balaban J connectivity index is 1.52. The molecule has 2 aliphatic heterocycles. The van der Waals surface area contributed by atoms with Gasteiger partial charge in [-0.25, -0.2) is 4.79 Å². The molecular weight excluding hydrogens is 332 g/mol. The molecule has 0 saturated carbocycles. The molecule has 3 rings (SSSR count). The first-order chi connectivity index (χ1) is 12.3. The number of carbonyl (C=O) groups is 2. The molecule has 0 spiro atoms. The minimum atomic E-state index is -0.562. The smallest absolute Gasteiger partial charge is 0.410 e. The second-order valence-corrected chi connectivity index (χ2v) is 8.07. The van der Waals surface area contributed by atoms with Crippen molar-refractivity contribution in [2.45, 2.75) is 51.7 Å². The molecule has 1 N–H and O–H groups in total. The SMILES string of the molecule is CC(C)(C)OC(=O)N1CCC[C@H]1C(=O)NC[C@@H]1COc2ccccc2C1. The first kappa shape index (κ1) is 18.5. The van der Waals surface area contributed by atoms with Gasteiger partial charge >= 0.3 is 6.09 Å². The molecule has 6 heteroatoms. The molecule has 0 radical (unpaired) electrons. The van der Waals surface area contributed by atoms with E-state index in [1.54, 1.807) is 4.90 Å². The molecule has 1 aromatic carbocycles. The fourth-order valence-corrected chi connectivity index (χ4v) is 3.46. The Morgan fingerprint density at radius 1 is 1.31 bits per heavy atom. The van der Waals surface area contributed by atoms with E-state index in [0.29, 0.717) is 26.1 Å². The Kier molecular flexibility index (Phi) is 5.39. The Morgan fingerprint density at radius 3 is 2.85 bits per heavy atom. The Bertz CT molecular complexity index is 668. The van der Waals surface area contributed by atoms with Gasteiger partial charge in [0.2, 0.25) is 5.91 Å². The van der Waals surface area contributed by atoms with Crippen molar-refractivity contribution in [2.75, 3.05) is 19.7 Å². The Morgan fingerprint density at radius 2 is 2.08 bits per heavy atom. The molecule has 0 aliphatic carbocycles. The third kappa shape index (κ3) is 4.48. The number of rotatable bonds is 3. The molecule has 142 valence electrons. The normalized spacial score (nSPS) is 22.3. The zero-order valence-corrected chi connectivity index (χ0v) is 15.8. The minimum Gasteiger partial charge on any atom is -0.493 e. The van der Waals surface area contributed by atoms with Crippen LogP contribution in [0.4, 0.5) is 4.79 Å². The van der Waals surface area contributed by atoms with E-state index in [-0.39, 0.29) is 11.8 Å². The van der Waals surface area contributed by atoms with Crippen LogP contribution < -0.4 is 10.1 Å².